The maximum Gasteiger partial charge on any atom is 0.0480 e. The Morgan fingerprint density at radius 3 is 3.13 bits per heavy atom. The number of H-pyrrole nitrogens is 1. The van der Waals surface area contributed by atoms with Gasteiger partial charge in [-0.1, -0.05) is 6.07 Å². The molecule has 0 amide bonds. The molecule has 0 spiro atoms. The van der Waals surface area contributed by atoms with Gasteiger partial charge >= 0.3 is 0 Å². The number of likely N-dealkylation sites (N-methyl/N-ethyl adjacent to an activating group) is 1. The molecule has 3 rings (SSSR count). The summed E-state index contributed by atoms with van der Waals surface area (Å²) in [6, 6.07) is 6.12. The van der Waals surface area contributed by atoms with Crippen molar-refractivity contribution in [3.8, 4) is 0 Å². The Morgan fingerprint density at radius 2 is 2.27 bits per heavy atom. The predicted molar refractivity (Wildman–Crippen MR) is 62.7 cm³/mol. The largest absolute Gasteiger partial charge is 0.399 e. The minimum atomic E-state index is 0.828. The normalized spacial score (nSPS) is 16.9. The van der Waals surface area contributed by atoms with Crippen LogP contribution in [0.5, 0.6) is 0 Å². The highest BCUT2D eigenvalue weighted by Crippen LogP contribution is 2.28. The molecule has 1 aromatic heterocycles. The van der Waals surface area contributed by atoms with Crippen LogP contribution in [0.15, 0.2) is 18.2 Å². The van der Waals surface area contributed by atoms with E-state index in [1.54, 1.807) is 0 Å². The lowest BCUT2D eigenvalue weighted by atomic mass is 10.1. The van der Waals surface area contributed by atoms with Gasteiger partial charge in [0.2, 0.25) is 0 Å². The van der Waals surface area contributed by atoms with Gasteiger partial charge in [0.05, 0.1) is 0 Å². The molecule has 1 aromatic carbocycles. The summed E-state index contributed by atoms with van der Waals surface area (Å²) < 4.78 is 0. The van der Waals surface area contributed by atoms with E-state index in [4.69, 9.17) is 5.73 Å². The van der Waals surface area contributed by atoms with Crippen LogP contribution in [0.2, 0.25) is 0 Å². The topological polar surface area (TPSA) is 45.0 Å². The molecular formula is C12H15N3. The van der Waals surface area contributed by atoms with Crippen LogP contribution in [0.1, 0.15) is 11.3 Å². The molecule has 3 N–H and O–H groups in total. The van der Waals surface area contributed by atoms with E-state index in [9.17, 15) is 0 Å². The zero-order chi connectivity index (χ0) is 10.4. The summed E-state index contributed by atoms with van der Waals surface area (Å²) in [7, 11) is 2.17. The first kappa shape index (κ1) is 8.80. The number of aromatic amines is 1. The van der Waals surface area contributed by atoms with Crippen molar-refractivity contribution < 1.29 is 0 Å². The lowest BCUT2D eigenvalue weighted by molar-refractivity contribution is 0.313. The average molecular weight is 201 g/mol. The molecule has 1 aliphatic heterocycles. The molecular weight excluding hydrogens is 186 g/mol. The molecule has 0 atom stereocenters. The predicted octanol–water partition coefficient (Wildman–Crippen LogP) is 1.74. The quantitative estimate of drug-likeness (QED) is 0.638. The van der Waals surface area contributed by atoms with Crippen LogP contribution >= 0.6 is 0 Å². The molecule has 0 aliphatic carbocycles. The van der Waals surface area contributed by atoms with Crippen molar-refractivity contribution >= 4 is 16.6 Å². The Bertz CT molecular complexity index is 513. The van der Waals surface area contributed by atoms with Crippen molar-refractivity contribution in [3.63, 3.8) is 0 Å². The van der Waals surface area contributed by atoms with Crippen LogP contribution in [-0.4, -0.2) is 23.5 Å². The highest BCUT2D eigenvalue weighted by molar-refractivity contribution is 5.87. The number of nitrogens with one attached hydrogen (secondary N) is 1. The van der Waals surface area contributed by atoms with Crippen LogP contribution in [0.25, 0.3) is 10.9 Å². The van der Waals surface area contributed by atoms with Crippen LogP contribution in [0.4, 0.5) is 5.69 Å². The van der Waals surface area contributed by atoms with E-state index >= 15 is 0 Å². The van der Waals surface area contributed by atoms with E-state index in [2.05, 4.69) is 23.0 Å². The molecule has 15 heavy (non-hydrogen) atoms. The lowest BCUT2D eigenvalue weighted by Gasteiger charge is -2.22. The second-order valence-corrected chi connectivity index (χ2v) is 4.37. The zero-order valence-electron chi connectivity index (χ0n) is 8.88. The first-order valence-electron chi connectivity index (χ1n) is 5.31. The Hall–Kier alpha value is -1.48. The van der Waals surface area contributed by atoms with Crippen molar-refractivity contribution in [1.29, 1.82) is 0 Å². The molecule has 0 fully saturated rings. The van der Waals surface area contributed by atoms with E-state index in [1.165, 1.54) is 22.2 Å². The van der Waals surface area contributed by atoms with E-state index < -0.39 is 0 Å². The molecule has 0 unspecified atom stereocenters. The van der Waals surface area contributed by atoms with Gasteiger partial charge in [0.1, 0.15) is 0 Å². The van der Waals surface area contributed by atoms with Gasteiger partial charge in [-0.3, -0.25) is 0 Å². The fourth-order valence-electron chi connectivity index (χ4n) is 2.37. The van der Waals surface area contributed by atoms with Crippen LogP contribution in [0.3, 0.4) is 0 Å². The fourth-order valence-corrected chi connectivity index (χ4v) is 2.37. The third-order valence-electron chi connectivity index (χ3n) is 3.19. The SMILES string of the molecule is CN1CCc2[nH]c3cc(N)ccc3c2C1. The summed E-state index contributed by atoms with van der Waals surface area (Å²) in [6.45, 7) is 2.18. The van der Waals surface area contributed by atoms with Crippen LogP contribution in [0, 0.1) is 0 Å². The Balaban J connectivity index is 2.24. The van der Waals surface area contributed by atoms with Gasteiger partial charge in [-0.15, -0.1) is 0 Å². The molecule has 0 saturated heterocycles. The second kappa shape index (κ2) is 3.00. The highest BCUT2D eigenvalue weighted by Gasteiger charge is 2.17. The maximum atomic E-state index is 5.78. The molecule has 78 valence electrons. The summed E-state index contributed by atoms with van der Waals surface area (Å²) in [5.74, 6) is 0. The maximum absolute atomic E-state index is 5.78. The first-order valence-corrected chi connectivity index (χ1v) is 5.31. The smallest absolute Gasteiger partial charge is 0.0480 e. The van der Waals surface area contributed by atoms with Crippen molar-refractivity contribution in [2.75, 3.05) is 19.3 Å². The van der Waals surface area contributed by atoms with E-state index in [-0.39, 0.29) is 0 Å². The minimum absolute atomic E-state index is 0.828. The number of nitrogens with two attached hydrogens (primary N) is 1. The number of nitrogen functional groups attached to an aromatic ring is 1. The molecule has 0 bridgehead atoms. The summed E-state index contributed by atoms with van der Waals surface area (Å²) in [5.41, 5.74) is 10.6. The van der Waals surface area contributed by atoms with Crippen molar-refractivity contribution in [1.82, 2.24) is 9.88 Å². The number of aromatic nitrogens is 1. The van der Waals surface area contributed by atoms with Gasteiger partial charge in [-0.25, -0.2) is 0 Å². The Kier molecular flexibility index (Phi) is 1.76. The van der Waals surface area contributed by atoms with E-state index in [1.807, 2.05) is 12.1 Å². The Labute approximate surface area is 88.9 Å². The molecule has 2 aromatic rings. The number of hydrogen-bond donors (Lipinski definition) is 2. The van der Waals surface area contributed by atoms with Gasteiger partial charge in [-0.2, -0.15) is 0 Å². The van der Waals surface area contributed by atoms with Gasteiger partial charge in [0, 0.05) is 41.8 Å². The number of fused-ring (bicyclic) bond motifs is 3. The monoisotopic (exact) mass is 201 g/mol. The summed E-state index contributed by atoms with van der Waals surface area (Å²) in [4.78, 5) is 5.82. The van der Waals surface area contributed by atoms with Crippen LogP contribution in [-0.2, 0) is 13.0 Å². The fraction of sp³-hybridized carbons (Fsp3) is 0.333. The van der Waals surface area contributed by atoms with Crippen molar-refractivity contribution in [2.24, 2.45) is 0 Å². The van der Waals surface area contributed by atoms with Gasteiger partial charge in [-0.05, 0) is 24.7 Å². The van der Waals surface area contributed by atoms with E-state index in [0.717, 1.165) is 25.2 Å². The second-order valence-electron chi connectivity index (χ2n) is 4.37. The summed E-state index contributed by atoms with van der Waals surface area (Å²) in [5, 5.41) is 1.32. The van der Waals surface area contributed by atoms with Crippen molar-refractivity contribution in [2.45, 2.75) is 13.0 Å². The number of rotatable bonds is 0. The number of hydrogen-bond acceptors (Lipinski definition) is 2. The highest BCUT2D eigenvalue weighted by atomic mass is 15.1. The molecule has 3 nitrogen and oxygen atoms in total. The molecule has 1 aliphatic rings. The number of benzene rings is 1. The van der Waals surface area contributed by atoms with Crippen molar-refractivity contribution in [3.05, 3.63) is 29.5 Å². The molecule has 0 radical (unpaired) electrons. The molecule has 0 saturated carbocycles. The standard InChI is InChI=1S/C12H15N3/c1-15-5-4-11-10(7-15)9-3-2-8(13)6-12(9)14-11/h2-3,6,14H,4-5,7,13H2,1H3. The summed E-state index contributed by atoms with van der Waals surface area (Å²) in [6.07, 6.45) is 1.11. The average Bonchev–Trinajstić information content (AvgIpc) is 2.54. The van der Waals surface area contributed by atoms with Gasteiger partial charge in [0.15, 0.2) is 0 Å². The zero-order valence-corrected chi connectivity index (χ0v) is 8.88. The van der Waals surface area contributed by atoms with E-state index in [0.29, 0.717) is 0 Å². The third kappa shape index (κ3) is 1.31. The number of anilines is 1. The lowest BCUT2D eigenvalue weighted by Crippen LogP contribution is -2.25. The van der Waals surface area contributed by atoms with Gasteiger partial charge < -0.3 is 15.6 Å². The Morgan fingerprint density at radius 1 is 1.40 bits per heavy atom. The van der Waals surface area contributed by atoms with Gasteiger partial charge in [0.25, 0.3) is 0 Å². The number of nitrogens with zero attached hydrogens (tertiary/aromatic N) is 1. The third-order valence-corrected chi connectivity index (χ3v) is 3.19. The van der Waals surface area contributed by atoms with Crippen LogP contribution < -0.4 is 5.73 Å². The molecule has 3 heteroatoms. The summed E-state index contributed by atoms with van der Waals surface area (Å²) >= 11 is 0. The first-order chi connectivity index (χ1) is 7.24. The molecule has 2 heterocycles. The minimum Gasteiger partial charge on any atom is -0.399 e.